The molecule has 0 radical (unpaired) electrons. The van der Waals surface area contributed by atoms with Gasteiger partial charge in [0.25, 0.3) is 0 Å². The lowest BCUT2D eigenvalue weighted by molar-refractivity contribution is 0.409. The molecule has 0 atom stereocenters. The van der Waals surface area contributed by atoms with E-state index in [2.05, 4.69) is 53.6 Å². The molecule has 0 aliphatic rings. The molecule has 0 unspecified atom stereocenters. The maximum absolute atomic E-state index is 5.45. The molecular formula is C17H21NOS. The Morgan fingerprint density at radius 1 is 1.00 bits per heavy atom. The monoisotopic (exact) mass is 287 g/mol. The molecule has 0 fully saturated rings. The largest absolute Gasteiger partial charge is 0.496 e. The molecule has 0 saturated carbocycles. The second-order valence-electron chi connectivity index (χ2n) is 4.56. The molecule has 2 nitrogen and oxygen atoms in total. The van der Waals surface area contributed by atoms with E-state index in [0.717, 1.165) is 24.6 Å². The smallest absolute Gasteiger partial charge is 0.123 e. The normalized spacial score (nSPS) is 10.3. The van der Waals surface area contributed by atoms with Crippen molar-refractivity contribution in [3.05, 3.63) is 60.2 Å². The third kappa shape index (κ3) is 3.94. The average molecular weight is 287 g/mol. The Balaban J connectivity index is 2.19. The number of thioether (sulfide) groups is 1. The highest BCUT2D eigenvalue weighted by Gasteiger charge is 2.09. The molecule has 2 rings (SSSR count). The van der Waals surface area contributed by atoms with E-state index in [0.29, 0.717) is 0 Å². The first-order chi connectivity index (χ1) is 9.85. The first-order valence-electron chi connectivity index (χ1n) is 6.76. The van der Waals surface area contributed by atoms with E-state index in [1.54, 1.807) is 7.11 Å². The molecule has 2 aromatic rings. The van der Waals surface area contributed by atoms with Crippen molar-refractivity contribution >= 4 is 17.4 Å². The molecular weight excluding hydrogens is 266 g/mol. The minimum absolute atomic E-state index is 0.870. The lowest BCUT2D eigenvalue weighted by atomic mass is 10.1. The number of anilines is 1. The molecule has 0 N–H and O–H groups in total. The Morgan fingerprint density at radius 2 is 1.70 bits per heavy atom. The summed E-state index contributed by atoms with van der Waals surface area (Å²) in [6, 6.07) is 18.8. The van der Waals surface area contributed by atoms with Crippen LogP contribution in [0.5, 0.6) is 5.75 Å². The third-order valence-corrected chi connectivity index (χ3v) is 3.83. The summed E-state index contributed by atoms with van der Waals surface area (Å²) in [6.45, 7) is 1.90. The van der Waals surface area contributed by atoms with E-state index in [4.69, 9.17) is 4.74 Å². The van der Waals surface area contributed by atoms with E-state index in [-0.39, 0.29) is 0 Å². The fraction of sp³-hybridized carbons (Fsp3) is 0.294. The highest BCUT2D eigenvalue weighted by Crippen LogP contribution is 2.23. The number of nitrogens with zero attached hydrogens (tertiary/aromatic N) is 1. The van der Waals surface area contributed by atoms with Gasteiger partial charge in [0.1, 0.15) is 5.75 Å². The summed E-state index contributed by atoms with van der Waals surface area (Å²) in [5.41, 5.74) is 2.48. The van der Waals surface area contributed by atoms with Gasteiger partial charge in [-0.25, -0.2) is 0 Å². The van der Waals surface area contributed by atoms with Gasteiger partial charge < -0.3 is 9.64 Å². The summed E-state index contributed by atoms with van der Waals surface area (Å²) in [6.07, 6.45) is 2.15. The van der Waals surface area contributed by atoms with E-state index >= 15 is 0 Å². The van der Waals surface area contributed by atoms with Crippen molar-refractivity contribution < 1.29 is 4.74 Å². The summed E-state index contributed by atoms with van der Waals surface area (Å²) in [5, 5.41) is 0. The maximum atomic E-state index is 5.45. The zero-order valence-corrected chi connectivity index (χ0v) is 12.9. The van der Waals surface area contributed by atoms with Crippen molar-refractivity contribution in [2.75, 3.05) is 30.6 Å². The van der Waals surface area contributed by atoms with Crippen LogP contribution < -0.4 is 9.64 Å². The number of hydrogen-bond acceptors (Lipinski definition) is 3. The number of methoxy groups -OCH3 is 1. The van der Waals surface area contributed by atoms with Crippen LogP contribution >= 0.6 is 11.8 Å². The van der Waals surface area contributed by atoms with Crippen LogP contribution in [0.4, 0.5) is 5.69 Å². The van der Waals surface area contributed by atoms with Crippen LogP contribution in [-0.4, -0.2) is 25.7 Å². The van der Waals surface area contributed by atoms with Gasteiger partial charge in [-0.2, -0.15) is 11.8 Å². The molecule has 0 aliphatic heterocycles. The van der Waals surface area contributed by atoms with Gasteiger partial charge in [-0.3, -0.25) is 0 Å². The van der Waals surface area contributed by atoms with Crippen molar-refractivity contribution in [1.29, 1.82) is 0 Å². The molecule has 0 heterocycles. The first-order valence-corrected chi connectivity index (χ1v) is 8.15. The summed E-state index contributed by atoms with van der Waals surface area (Å²) in [5.74, 6) is 2.07. The Bertz CT molecular complexity index is 515. The van der Waals surface area contributed by atoms with E-state index < -0.39 is 0 Å². The van der Waals surface area contributed by atoms with Gasteiger partial charge in [0.2, 0.25) is 0 Å². The predicted octanol–water partition coefficient (Wildman–Crippen LogP) is 4.06. The van der Waals surface area contributed by atoms with E-state index in [1.807, 2.05) is 23.9 Å². The fourth-order valence-electron chi connectivity index (χ4n) is 2.18. The van der Waals surface area contributed by atoms with Crippen molar-refractivity contribution in [1.82, 2.24) is 0 Å². The zero-order valence-electron chi connectivity index (χ0n) is 12.1. The summed E-state index contributed by atoms with van der Waals surface area (Å²) in [7, 11) is 1.73. The van der Waals surface area contributed by atoms with Crippen LogP contribution in [0.15, 0.2) is 54.6 Å². The van der Waals surface area contributed by atoms with Gasteiger partial charge in [0.15, 0.2) is 0 Å². The molecule has 3 heteroatoms. The Kier molecular flexibility index (Phi) is 5.81. The van der Waals surface area contributed by atoms with Gasteiger partial charge in [0, 0.05) is 30.1 Å². The van der Waals surface area contributed by atoms with Crippen molar-refractivity contribution in [2.45, 2.75) is 6.54 Å². The predicted molar refractivity (Wildman–Crippen MR) is 88.9 cm³/mol. The van der Waals surface area contributed by atoms with Gasteiger partial charge in [-0.1, -0.05) is 36.4 Å². The Morgan fingerprint density at radius 3 is 2.40 bits per heavy atom. The van der Waals surface area contributed by atoms with Crippen LogP contribution in [0.3, 0.4) is 0 Å². The van der Waals surface area contributed by atoms with Crippen LogP contribution in [-0.2, 0) is 6.54 Å². The molecule has 20 heavy (non-hydrogen) atoms. The van der Waals surface area contributed by atoms with Gasteiger partial charge in [0.05, 0.1) is 7.11 Å². The summed E-state index contributed by atoms with van der Waals surface area (Å²) in [4.78, 5) is 2.40. The summed E-state index contributed by atoms with van der Waals surface area (Å²) < 4.78 is 5.45. The quantitative estimate of drug-likeness (QED) is 0.762. The van der Waals surface area contributed by atoms with E-state index in [9.17, 15) is 0 Å². The van der Waals surface area contributed by atoms with E-state index in [1.165, 1.54) is 11.3 Å². The topological polar surface area (TPSA) is 12.5 Å². The van der Waals surface area contributed by atoms with Crippen molar-refractivity contribution in [2.24, 2.45) is 0 Å². The lowest BCUT2D eigenvalue weighted by Gasteiger charge is -2.25. The number of benzene rings is 2. The van der Waals surface area contributed by atoms with Crippen LogP contribution in [0, 0.1) is 0 Å². The molecule has 0 bridgehead atoms. The van der Waals surface area contributed by atoms with Gasteiger partial charge in [-0.15, -0.1) is 0 Å². The second-order valence-corrected chi connectivity index (χ2v) is 5.55. The molecule has 0 spiro atoms. The molecule has 106 valence electrons. The Labute approximate surface area is 125 Å². The van der Waals surface area contributed by atoms with Crippen molar-refractivity contribution in [3.63, 3.8) is 0 Å². The molecule has 0 saturated heterocycles. The zero-order chi connectivity index (χ0) is 14.2. The molecule has 2 aromatic carbocycles. The van der Waals surface area contributed by atoms with Gasteiger partial charge in [-0.05, 0) is 24.5 Å². The SMILES string of the molecule is COc1ccccc1CN(CCSC)c1ccccc1. The first kappa shape index (κ1) is 14.8. The van der Waals surface area contributed by atoms with Gasteiger partial charge >= 0.3 is 0 Å². The standard InChI is InChI=1S/C17H21NOS/c1-19-17-11-7-6-8-15(17)14-18(12-13-20-2)16-9-4-3-5-10-16/h3-11H,12-14H2,1-2H3. The number of para-hydroxylation sites is 2. The summed E-state index contributed by atoms with van der Waals surface area (Å²) >= 11 is 1.87. The van der Waals surface area contributed by atoms with Crippen molar-refractivity contribution in [3.8, 4) is 5.75 Å². The molecule has 0 aliphatic carbocycles. The number of hydrogen-bond donors (Lipinski definition) is 0. The van der Waals surface area contributed by atoms with Crippen LogP contribution in [0.2, 0.25) is 0 Å². The number of ether oxygens (including phenoxy) is 1. The third-order valence-electron chi connectivity index (χ3n) is 3.24. The van der Waals surface area contributed by atoms with Crippen LogP contribution in [0.25, 0.3) is 0 Å². The maximum Gasteiger partial charge on any atom is 0.123 e. The Hall–Kier alpha value is -1.61. The lowest BCUT2D eigenvalue weighted by Crippen LogP contribution is -2.25. The fourth-order valence-corrected chi connectivity index (χ4v) is 2.58. The minimum atomic E-state index is 0.870. The minimum Gasteiger partial charge on any atom is -0.496 e. The highest BCUT2D eigenvalue weighted by atomic mass is 32.2. The highest BCUT2D eigenvalue weighted by molar-refractivity contribution is 7.98. The second kappa shape index (κ2) is 7.85. The molecule has 0 aromatic heterocycles. The number of rotatable bonds is 7. The average Bonchev–Trinajstić information content (AvgIpc) is 2.52. The molecule has 0 amide bonds. The van der Waals surface area contributed by atoms with Crippen LogP contribution in [0.1, 0.15) is 5.56 Å².